The highest BCUT2D eigenvalue weighted by Crippen LogP contribution is 2.24. The van der Waals surface area contributed by atoms with E-state index in [0.717, 1.165) is 30.0 Å². The second kappa shape index (κ2) is 6.44. The van der Waals surface area contributed by atoms with E-state index < -0.39 is 0 Å². The number of carbonyl (C=O) groups is 1. The van der Waals surface area contributed by atoms with Crippen LogP contribution in [0.25, 0.3) is 0 Å². The predicted molar refractivity (Wildman–Crippen MR) is 84.1 cm³/mol. The Labute approximate surface area is 124 Å². The Kier molecular flexibility index (Phi) is 4.20. The topological polar surface area (TPSA) is 38.3 Å². The van der Waals surface area contributed by atoms with E-state index in [1.165, 1.54) is 0 Å². The Morgan fingerprint density at radius 2 is 1.67 bits per heavy atom. The summed E-state index contributed by atoms with van der Waals surface area (Å²) in [5.74, 6) is 1.14. The molecule has 0 saturated heterocycles. The summed E-state index contributed by atoms with van der Waals surface area (Å²) in [6.07, 6.45) is 3.20. The van der Waals surface area contributed by atoms with Crippen molar-refractivity contribution in [3.8, 4) is 5.75 Å². The van der Waals surface area contributed by atoms with Crippen LogP contribution in [0, 0.1) is 0 Å². The molecule has 0 aromatic heterocycles. The lowest BCUT2D eigenvalue weighted by molar-refractivity contribution is -0.122. The van der Waals surface area contributed by atoms with Gasteiger partial charge >= 0.3 is 0 Å². The SMILES string of the molecule is O=C1CCCC(Oc2ccc(Nc3ccccc3)cc2)C1. The number of benzene rings is 2. The van der Waals surface area contributed by atoms with Crippen LogP contribution in [0.4, 0.5) is 11.4 Å². The van der Waals surface area contributed by atoms with Crippen molar-refractivity contribution in [1.82, 2.24) is 0 Å². The minimum atomic E-state index is 0.0409. The average molecular weight is 281 g/mol. The summed E-state index contributed by atoms with van der Waals surface area (Å²) >= 11 is 0. The molecule has 0 radical (unpaired) electrons. The maximum absolute atomic E-state index is 11.4. The van der Waals surface area contributed by atoms with E-state index in [1.807, 2.05) is 54.6 Å². The van der Waals surface area contributed by atoms with Gasteiger partial charge in [-0.15, -0.1) is 0 Å². The number of ketones is 1. The minimum Gasteiger partial charge on any atom is -0.490 e. The molecule has 0 spiro atoms. The molecule has 0 bridgehead atoms. The number of Topliss-reactive ketones (excluding diaryl/α,β-unsaturated/α-hetero) is 1. The largest absolute Gasteiger partial charge is 0.490 e. The predicted octanol–water partition coefficient (Wildman–Crippen LogP) is 4.32. The van der Waals surface area contributed by atoms with Crippen LogP contribution in [0.15, 0.2) is 54.6 Å². The lowest BCUT2D eigenvalue weighted by atomic mass is 9.96. The van der Waals surface area contributed by atoms with E-state index in [9.17, 15) is 4.79 Å². The standard InChI is InChI=1S/C18H19NO2/c20-16-7-4-8-18(13-16)21-17-11-9-15(10-12-17)19-14-5-2-1-3-6-14/h1-3,5-6,9-12,18-19H,4,7-8,13H2. The Balaban J connectivity index is 1.60. The second-order valence-electron chi connectivity index (χ2n) is 5.39. The number of nitrogens with one attached hydrogen (secondary N) is 1. The van der Waals surface area contributed by atoms with Crippen LogP contribution in [0.2, 0.25) is 0 Å². The van der Waals surface area contributed by atoms with Crippen molar-refractivity contribution in [1.29, 1.82) is 0 Å². The van der Waals surface area contributed by atoms with Crippen molar-refractivity contribution >= 4 is 17.2 Å². The Morgan fingerprint density at radius 3 is 2.38 bits per heavy atom. The number of carbonyl (C=O) groups excluding carboxylic acids is 1. The number of hydrogen-bond donors (Lipinski definition) is 1. The van der Waals surface area contributed by atoms with E-state index in [1.54, 1.807) is 0 Å². The summed E-state index contributed by atoms with van der Waals surface area (Å²) in [5.41, 5.74) is 2.08. The molecular formula is C18H19NO2. The smallest absolute Gasteiger partial charge is 0.136 e. The molecule has 3 nitrogen and oxygen atoms in total. The van der Waals surface area contributed by atoms with Crippen LogP contribution in [-0.4, -0.2) is 11.9 Å². The van der Waals surface area contributed by atoms with Gasteiger partial charge in [0.1, 0.15) is 17.6 Å². The first-order chi connectivity index (χ1) is 10.3. The molecule has 0 heterocycles. The van der Waals surface area contributed by atoms with Gasteiger partial charge in [0.2, 0.25) is 0 Å². The van der Waals surface area contributed by atoms with E-state index in [4.69, 9.17) is 4.74 Å². The van der Waals surface area contributed by atoms with E-state index in [2.05, 4.69) is 5.32 Å². The van der Waals surface area contributed by atoms with Crippen LogP contribution >= 0.6 is 0 Å². The number of para-hydroxylation sites is 1. The van der Waals surface area contributed by atoms with E-state index >= 15 is 0 Å². The number of ether oxygens (including phenoxy) is 1. The Bertz CT molecular complexity index is 592. The van der Waals surface area contributed by atoms with Crippen molar-refractivity contribution in [2.45, 2.75) is 31.8 Å². The summed E-state index contributed by atoms with van der Waals surface area (Å²) in [4.78, 5) is 11.4. The van der Waals surface area contributed by atoms with Gasteiger partial charge in [-0.25, -0.2) is 0 Å². The molecule has 0 amide bonds. The third-order valence-electron chi connectivity index (χ3n) is 3.66. The Morgan fingerprint density at radius 1 is 0.952 bits per heavy atom. The first-order valence-corrected chi connectivity index (χ1v) is 7.40. The zero-order chi connectivity index (χ0) is 14.5. The summed E-state index contributed by atoms with van der Waals surface area (Å²) in [7, 11) is 0. The maximum atomic E-state index is 11.4. The second-order valence-corrected chi connectivity index (χ2v) is 5.39. The lowest BCUT2D eigenvalue weighted by Crippen LogP contribution is -2.25. The highest BCUT2D eigenvalue weighted by Gasteiger charge is 2.20. The third-order valence-corrected chi connectivity index (χ3v) is 3.66. The average Bonchev–Trinajstić information content (AvgIpc) is 2.50. The minimum absolute atomic E-state index is 0.0409. The quantitative estimate of drug-likeness (QED) is 0.907. The lowest BCUT2D eigenvalue weighted by Gasteiger charge is -2.22. The summed E-state index contributed by atoms with van der Waals surface area (Å²) in [6, 6.07) is 17.9. The summed E-state index contributed by atoms with van der Waals surface area (Å²) in [6.45, 7) is 0. The molecule has 1 saturated carbocycles. The van der Waals surface area contributed by atoms with Gasteiger partial charge in [0.05, 0.1) is 0 Å². The van der Waals surface area contributed by atoms with Crippen LogP contribution in [0.3, 0.4) is 0 Å². The zero-order valence-corrected chi connectivity index (χ0v) is 11.9. The van der Waals surface area contributed by atoms with Crippen molar-refractivity contribution in [2.24, 2.45) is 0 Å². The molecule has 3 heteroatoms. The van der Waals surface area contributed by atoms with Crippen LogP contribution in [0.1, 0.15) is 25.7 Å². The molecule has 1 aliphatic rings. The number of hydrogen-bond acceptors (Lipinski definition) is 3. The first kappa shape index (κ1) is 13.7. The molecule has 1 N–H and O–H groups in total. The maximum Gasteiger partial charge on any atom is 0.136 e. The van der Waals surface area contributed by atoms with Crippen LogP contribution in [0.5, 0.6) is 5.75 Å². The molecule has 1 aliphatic carbocycles. The molecule has 21 heavy (non-hydrogen) atoms. The van der Waals surface area contributed by atoms with Crippen LogP contribution < -0.4 is 10.1 Å². The fraction of sp³-hybridized carbons (Fsp3) is 0.278. The van der Waals surface area contributed by atoms with Crippen LogP contribution in [-0.2, 0) is 4.79 Å². The third kappa shape index (κ3) is 3.85. The van der Waals surface area contributed by atoms with Gasteiger partial charge in [0.15, 0.2) is 0 Å². The molecule has 3 rings (SSSR count). The molecule has 0 aliphatic heterocycles. The van der Waals surface area contributed by atoms with Crippen molar-refractivity contribution in [3.05, 3.63) is 54.6 Å². The molecule has 1 unspecified atom stereocenters. The molecule has 108 valence electrons. The zero-order valence-electron chi connectivity index (χ0n) is 11.9. The van der Waals surface area contributed by atoms with Gasteiger partial charge in [-0.05, 0) is 49.2 Å². The fourth-order valence-electron chi connectivity index (χ4n) is 2.58. The molecule has 1 atom stereocenters. The molecule has 2 aromatic carbocycles. The van der Waals surface area contributed by atoms with E-state index in [0.29, 0.717) is 18.6 Å². The van der Waals surface area contributed by atoms with Gasteiger partial charge in [-0.1, -0.05) is 18.2 Å². The normalized spacial score (nSPS) is 18.3. The molecular weight excluding hydrogens is 262 g/mol. The number of anilines is 2. The molecule has 2 aromatic rings. The van der Waals surface area contributed by atoms with Crippen molar-refractivity contribution in [3.63, 3.8) is 0 Å². The summed E-state index contributed by atoms with van der Waals surface area (Å²) < 4.78 is 5.88. The van der Waals surface area contributed by atoms with Gasteiger partial charge in [-0.2, -0.15) is 0 Å². The highest BCUT2D eigenvalue weighted by atomic mass is 16.5. The van der Waals surface area contributed by atoms with Gasteiger partial charge in [-0.3, -0.25) is 4.79 Å². The van der Waals surface area contributed by atoms with Gasteiger partial charge in [0.25, 0.3) is 0 Å². The monoisotopic (exact) mass is 281 g/mol. The van der Waals surface area contributed by atoms with E-state index in [-0.39, 0.29) is 6.10 Å². The molecule has 1 fully saturated rings. The summed E-state index contributed by atoms with van der Waals surface area (Å²) in [5, 5.41) is 3.33. The Hall–Kier alpha value is -2.29. The number of rotatable bonds is 4. The first-order valence-electron chi connectivity index (χ1n) is 7.40. The van der Waals surface area contributed by atoms with Gasteiger partial charge in [0, 0.05) is 24.2 Å². The fourth-order valence-corrected chi connectivity index (χ4v) is 2.58. The van der Waals surface area contributed by atoms with Crippen molar-refractivity contribution in [2.75, 3.05) is 5.32 Å². The highest BCUT2D eigenvalue weighted by molar-refractivity contribution is 5.79. The van der Waals surface area contributed by atoms with Crippen molar-refractivity contribution < 1.29 is 9.53 Å². The van der Waals surface area contributed by atoms with Gasteiger partial charge < -0.3 is 10.1 Å².